The summed E-state index contributed by atoms with van der Waals surface area (Å²) in [5.41, 5.74) is 7.16. The molecule has 0 atom stereocenters. The molecule has 0 saturated carbocycles. The van der Waals surface area contributed by atoms with Crippen LogP contribution in [0.25, 0.3) is 10.9 Å². The van der Waals surface area contributed by atoms with E-state index in [-0.39, 0.29) is 11.4 Å². The van der Waals surface area contributed by atoms with Gasteiger partial charge in [-0.1, -0.05) is 19.9 Å². The van der Waals surface area contributed by atoms with Crippen LogP contribution in [0.1, 0.15) is 19.4 Å². The van der Waals surface area contributed by atoms with Gasteiger partial charge in [0, 0.05) is 18.3 Å². The monoisotopic (exact) mass is 343 g/mol. The molecule has 3 aromatic rings. The average Bonchev–Trinajstić information content (AvgIpc) is 2.63. The Labute approximate surface area is 145 Å². The van der Waals surface area contributed by atoms with Gasteiger partial charge in [0.25, 0.3) is 5.56 Å². The number of nitrogens with zero attached hydrogens (tertiary/aromatic N) is 2. The Balaban J connectivity index is 0.00000109. The Morgan fingerprint density at radius 3 is 2.64 bits per heavy atom. The van der Waals surface area contributed by atoms with Crippen LogP contribution in [-0.2, 0) is 13.0 Å². The van der Waals surface area contributed by atoms with Crippen LogP contribution in [-0.4, -0.2) is 16.7 Å². The molecular weight excluding hydrogens is 321 g/mol. The van der Waals surface area contributed by atoms with E-state index < -0.39 is 0 Å². The third-order valence-electron chi connectivity index (χ3n) is 3.73. The van der Waals surface area contributed by atoms with Gasteiger partial charge in [0.15, 0.2) is 0 Å². The van der Waals surface area contributed by atoms with Gasteiger partial charge in [0.05, 0.1) is 24.3 Å². The molecule has 0 saturated heterocycles. The smallest absolute Gasteiger partial charge is 0.261 e. The minimum absolute atomic E-state index is 0.163. The van der Waals surface area contributed by atoms with E-state index in [1.165, 1.54) is 24.1 Å². The van der Waals surface area contributed by atoms with Gasteiger partial charge in [0.1, 0.15) is 11.6 Å². The first-order chi connectivity index (χ1) is 12.1. The molecule has 3 rings (SSSR count). The summed E-state index contributed by atoms with van der Waals surface area (Å²) in [7, 11) is 1.49. The molecule has 25 heavy (non-hydrogen) atoms. The van der Waals surface area contributed by atoms with Crippen LogP contribution in [0.2, 0.25) is 0 Å². The number of rotatable bonds is 4. The Bertz CT molecular complexity index is 922. The van der Waals surface area contributed by atoms with E-state index in [4.69, 9.17) is 10.5 Å². The summed E-state index contributed by atoms with van der Waals surface area (Å²) in [6.45, 7) is 4.34. The summed E-state index contributed by atoms with van der Waals surface area (Å²) >= 11 is 0. The van der Waals surface area contributed by atoms with Gasteiger partial charge in [-0.25, -0.2) is 9.37 Å². The van der Waals surface area contributed by atoms with Crippen molar-refractivity contribution in [3.8, 4) is 5.75 Å². The molecule has 0 spiro atoms. The number of nitrogens with two attached hydrogens (primary N) is 1. The Kier molecular flexibility index (Phi) is 6.11. The van der Waals surface area contributed by atoms with Crippen LogP contribution >= 0.6 is 0 Å². The molecule has 6 heteroatoms. The van der Waals surface area contributed by atoms with Gasteiger partial charge < -0.3 is 10.5 Å². The summed E-state index contributed by atoms with van der Waals surface area (Å²) in [4.78, 5) is 16.6. The second-order valence-corrected chi connectivity index (χ2v) is 5.23. The maximum atomic E-state index is 13.9. The van der Waals surface area contributed by atoms with Crippen molar-refractivity contribution in [3.63, 3.8) is 0 Å². The lowest BCUT2D eigenvalue weighted by Gasteiger charge is -2.08. The number of aryl methyl sites for hydroxylation is 2. The highest BCUT2D eigenvalue weighted by Crippen LogP contribution is 2.17. The first-order valence-corrected chi connectivity index (χ1v) is 8.15. The highest BCUT2D eigenvalue weighted by Gasteiger charge is 2.07. The topological polar surface area (TPSA) is 70.1 Å². The predicted octanol–water partition coefficient (Wildman–Crippen LogP) is 3.40. The van der Waals surface area contributed by atoms with E-state index in [0.29, 0.717) is 40.9 Å². The van der Waals surface area contributed by atoms with E-state index in [2.05, 4.69) is 4.98 Å². The van der Waals surface area contributed by atoms with Crippen molar-refractivity contribution in [1.29, 1.82) is 0 Å². The van der Waals surface area contributed by atoms with Crippen molar-refractivity contribution in [2.45, 2.75) is 26.8 Å². The van der Waals surface area contributed by atoms with Gasteiger partial charge in [-0.3, -0.25) is 9.36 Å². The van der Waals surface area contributed by atoms with Crippen LogP contribution in [0.4, 0.5) is 10.1 Å². The third-order valence-corrected chi connectivity index (χ3v) is 3.73. The molecule has 132 valence electrons. The first kappa shape index (κ1) is 18.4. The number of methoxy groups -OCH3 is 1. The fourth-order valence-electron chi connectivity index (χ4n) is 2.43. The van der Waals surface area contributed by atoms with E-state index in [0.717, 1.165) is 0 Å². The normalized spacial score (nSPS) is 10.2. The summed E-state index contributed by atoms with van der Waals surface area (Å²) < 4.78 is 20.4. The summed E-state index contributed by atoms with van der Waals surface area (Å²) in [6, 6.07) is 9.67. The molecule has 0 amide bonds. The molecule has 2 aromatic carbocycles. The molecule has 2 N–H and O–H groups in total. The molecule has 0 aliphatic carbocycles. The van der Waals surface area contributed by atoms with Crippen LogP contribution in [0.15, 0.2) is 47.5 Å². The standard InChI is InChI=1S/C17H16FN3O2.C2H6/c1-23-13-4-2-11(15(18)9-13)6-7-21-10-20-16-8-12(19)3-5-14(16)17(21)22;1-2/h2-5,8-10H,6-7,19H2,1H3;1-2H3. The number of halogens is 1. The Morgan fingerprint density at radius 2 is 1.96 bits per heavy atom. The minimum atomic E-state index is -0.348. The molecule has 5 nitrogen and oxygen atoms in total. The van der Waals surface area contributed by atoms with Gasteiger partial charge in [-0.2, -0.15) is 0 Å². The lowest BCUT2D eigenvalue weighted by molar-refractivity contribution is 0.410. The quantitative estimate of drug-likeness (QED) is 0.737. The van der Waals surface area contributed by atoms with Crippen LogP contribution < -0.4 is 16.0 Å². The zero-order valence-electron chi connectivity index (χ0n) is 14.6. The second-order valence-electron chi connectivity index (χ2n) is 5.23. The number of benzene rings is 2. The second kappa shape index (κ2) is 8.28. The van der Waals surface area contributed by atoms with E-state index in [1.54, 1.807) is 30.3 Å². The van der Waals surface area contributed by atoms with Crippen molar-refractivity contribution in [2.75, 3.05) is 12.8 Å². The lowest BCUT2D eigenvalue weighted by Crippen LogP contribution is -2.21. The van der Waals surface area contributed by atoms with E-state index >= 15 is 0 Å². The Morgan fingerprint density at radius 1 is 1.20 bits per heavy atom. The molecular formula is C19H22FN3O2. The molecule has 0 radical (unpaired) electrons. The van der Waals surface area contributed by atoms with Gasteiger partial charge in [-0.05, 0) is 36.2 Å². The first-order valence-electron chi connectivity index (χ1n) is 8.15. The van der Waals surface area contributed by atoms with Crippen LogP contribution in [0.5, 0.6) is 5.75 Å². The summed E-state index contributed by atoms with van der Waals surface area (Å²) in [5, 5.41) is 0.497. The SMILES string of the molecule is CC.COc1ccc(CCn2cnc3cc(N)ccc3c2=O)c(F)c1. The molecule has 1 aromatic heterocycles. The van der Waals surface area contributed by atoms with E-state index in [1.807, 2.05) is 13.8 Å². The number of nitrogen functional groups attached to an aromatic ring is 1. The van der Waals surface area contributed by atoms with Crippen LogP contribution in [0.3, 0.4) is 0 Å². The number of hydrogen-bond donors (Lipinski definition) is 1. The number of ether oxygens (including phenoxy) is 1. The van der Waals surface area contributed by atoms with Crippen molar-refractivity contribution in [3.05, 3.63) is 64.5 Å². The fraction of sp³-hybridized carbons (Fsp3) is 0.263. The summed E-state index contributed by atoms with van der Waals surface area (Å²) in [5.74, 6) is 0.118. The number of anilines is 1. The summed E-state index contributed by atoms with van der Waals surface area (Å²) in [6.07, 6.45) is 1.85. The third kappa shape index (κ3) is 4.15. The number of aromatic nitrogens is 2. The molecule has 0 bridgehead atoms. The minimum Gasteiger partial charge on any atom is -0.497 e. The molecule has 1 heterocycles. The van der Waals surface area contributed by atoms with E-state index in [9.17, 15) is 9.18 Å². The van der Waals surface area contributed by atoms with Crippen LogP contribution in [0, 0.1) is 5.82 Å². The average molecular weight is 343 g/mol. The Hall–Kier alpha value is -2.89. The lowest BCUT2D eigenvalue weighted by atomic mass is 10.1. The van der Waals surface area contributed by atoms with Crippen molar-refractivity contribution >= 4 is 16.6 Å². The van der Waals surface area contributed by atoms with Gasteiger partial charge >= 0.3 is 0 Å². The number of hydrogen-bond acceptors (Lipinski definition) is 4. The highest BCUT2D eigenvalue weighted by atomic mass is 19.1. The maximum absolute atomic E-state index is 13.9. The number of fused-ring (bicyclic) bond motifs is 1. The van der Waals surface area contributed by atoms with Crippen molar-refractivity contribution in [2.24, 2.45) is 0 Å². The molecule has 0 unspecified atom stereocenters. The van der Waals surface area contributed by atoms with Crippen molar-refractivity contribution in [1.82, 2.24) is 9.55 Å². The fourth-order valence-corrected chi connectivity index (χ4v) is 2.43. The zero-order valence-corrected chi connectivity index (χ0v) is 14.6. The molecule has 0 aliphatic rings. The van der Waals surface area contributed by atoms with Gasteiger partial charge in [0.2, 0.25) is 0 Å². The molecule has 0 aliphatic heterocycles. The predicted molar refractivity (Wildman–Crippen MR) is 98.4 cm³/mol. The van der Waals surface area contributed by atoms with Gasteiger partial charge in [-0.15, -0.1) is 0 Å². The van der Waals surface area contributed by atoms with Crippen molar-refractivity contribution < 1.29 is 9.13 Å². The largest absolute Gasteiger partial charge is 0.497 e. The molecule has 0 fully saturated rings. The highest BCUT2D eigenvalue weighted by molar-refractivity contribution is 5.80. The zero-order chi connectivity index (χ0) is 18.4. The maximum Gasteiger partial charge on any atom is 0.261 e.